The second-order valence-electron chi connectivity index (χ2n) is 3.18. The van der Waals surface area contributed by atoms with Crippen molar-refractivity contribution in [3.8, 4) is 12.3 Å². The highest BCUT2D eigenvalue weighted by Gasteiger charge is 1.98. The summed E-state index contributed by atoms with van der Waals surface area (Å²) in [5.74, 6) is 3.71. The maximum absolute atomic E-state index is 5.71. The first-order valence-electron chi connectivity index (χ1n) is 4.66. The second-order valence-corrected chi connectivity index (χ2v) is 4.32. The average Bonchev–Trinajstić information content (AvgIpc) is 2.18. The number of unbranched alkanes of at least 4 members (excludes halogenated alkanes) is 1. The SMILES string of the molecule is C#CCCCSc1cc(N)ccc1C. The lowest BCUT2D eigenvalue weighted by atomic mass is 10.2. The van der Waals surface area contributed by atoms with Gasteiger partial charge in [-0.2, -0.15) is 0 Å². The fraction of sp³-hybridized carbons (Fsp3) is 0.333. The summed E-state index contributed by atoms with van der Waals surface area (Å²) in [6.07, 6.45) is 7.10. The molecule has 0 aliphatic rings. The topological polar surface area (TPSA) is 26.0 Å². The molecule has 2 heteroatoms. The molecule has 0 radical (unpaired) electrons. The molecule has 0 spiro atoms. The van der Waals surface area contributed by atoms with Gasteiger partial charge in [0.1, 0.15) is 0 Å². The van der Waals surface area contributed by atoms with E-state index in [0.717, 1.165) is 24.3 Å². The van der Waals surface area contributed by atoms with E-state index in [1.54, 1.807) is 0 Å². The van der Waals surface area contributed by atoms with Crippen LogP contribution in [0.2, 0.25) is 0 Å². The molecule has 1 aromatic carbocycles. The predicted molar refractivity (Wildman–Crippen MR) is 64.4 cm³/mol. The summed E-state index contributed by atoms with van der Waals surface area (Å²) in [5, 5.41) is 0. The molecule has 0 heterocycles. The normalized spacial score (nSPS) is 9.71. The minimum absolute atomic E-state index is 0.829. The van der Waals surface area contributed by atoms with Crippen molar-refractivity contribution in [1.29, 1.82) is 0 Å². The molecule has 74 valence electrons. The van der Waals surface area contributed by atoms with Gasteiger partial charge in [0.2, 0.25) is 0 Å². The summed E-state index contributed by atoms with van der Waals surface area (Å²) < 4.78 is 0. The van der Waals surface area contributed by atoms with Crippen LogP contribution in [-0.2, 0) is 0 Å². The van der Waals surface area contributed by atoms with E-state index in [0.29, 0.717) is 0 Å². The zero-order valence-electron chi connectivity index (χ0n) is 8.42. The zero-order valence-corrected chi connectivity index (χ0v) is 9.23. The largest absolute Gasteiger partial charge is 0.399 e. The first-order valence-corrected chi connectivity index (χ1v) is 5.65. The molecule has 2 N–H and O–H groups in total. The Hall–Kier alpha value is -1.07. The van der Waals surface area contributed by atoms with Gasteiger partial charge in [-0.3, -0.25) is 0 Å². The Balaban J connectivity index is 2.50. The number of rotatable bonds is 4. The minimum atomic E-state index is 0.829. The predicted octanol–water partition coefficient (Wildman–Crippen LogP) is 3.08. The molecule has 0 bridgehead atoms. The highest BCUT2D eigenvalue weighted by atomic mass is 32.2. The number of thioether (sulfide) groups is 1. The van der Waals surface area contributed by atoms with E-state index in [9.17, 15) is 0 Å². The van der Waals surface area contributed by atoms with E-state index in [1.807, 2.05) is 23.9 Å². The van der Waals surface area contributed by atoms with Gasteiger partial charge in [0, 0.05) is 17.0 Å². The van der Waals surface area contributed by atoms with Crippen LogP contribution in [-0.4, -0.2) is 5.75 Å². The monoisotopic (exact) mass is 205 g/mol. The first-order chi connectivity index (χ1) is 6.74. The van der Waals surface area contributed by atoms with Crippen molar-refractivity contribution >= 4 is 17.4 Å². The molecule has 0 aliphatic heterocycles. The van der Waals surface area contributed by atoms with E-state index in [4.69, 9.17) is 12.2 Å². The standard InChI is InChI=1S/C12H15NS/c1-3-4-5-8-14-12-9-11(13)7-6-10(12)2/h1,6-7,9H,4-5,8,13H2,2H3. The highest BCUT2D eigenvalue weighted by Crippen LogP contribution is 2.25. The van der Waals surface area contributed by atoms with Gasteiger partial charge in [-0.15, -0.1) is 24.1 Å². The number of nitrogen functional groups attached to an aromatic ring is 1. The zero-order chi connectivity index (χ0) is 10.4. The van der Waals surface area contributed by atoms with Crippen LogP contribution in [0.5, 0.6) is 0 Å². The number of anilines is 1. The molecule has 0 unspecified atom stereocenters. The number of hydrogen-bond donors (Lipinski definition) is 1. The third-order valence-electron chi connectivity index (χ3n) is 1.94. The molecule has 0 saturated heterocycles. The van der Waals surface area contributed by atoms with Crippen LogP contribution in [0.4, 0.5) is 5.69 Å². The lowest BCUT2D eigenvalue weighted by Gasteiger charge is -2.05. The summed E-state index contributed by atoms with van der Waals surface area (Å²) in [5.41, 5.74) is 7.82. The summed E-state index contributed by atoms with van der Waals surface area (Å²) in [7, 11) is 0. The van der Waals surface area contributed by atoms with Crippen molar-refractivity contribution < 1.29 is 0 Å². The van der Waals surface area contributed by atoms with Crippen LogP contribution < -0.4 is 5.73 Å². The van der Waals surface area contributed by atoms with Gasteiger partial charge in [-0.1, -0.05) is 6.07 Å². The van der Waals surface area contributed by atoms with Gasteiger partial charge in [0.15, 0.2) is 0 Å². The fourth-order valence-electron chi connectivity index (χ4n) is 1.13. The van der Waals surface area contributed by atoms with E-state index in [1.165, 1.54) is 10.5 Å². The fourth-order valence-corrected chi connectivity index (χ4v) is 2.15. The Morgan fingerprint density at radius 3 is 3.00 bits per heavy atom. The van der Waals surface area contributed by atoms with Crippen LogP contribution in [0, 0.1) is 19.3 Å². The lowest BCUT2D eigenvalue weighted by Crippen LogP contribution is -1.88. The summed E-state index contributed by atoms with van der Waals surface area (Å²) >= 11 is 1.83. The van der Waals surface area contributed by atoms with E-state index >= 15 is 0 Å². The molecule has 1 aromatic rings. The van der Waals surface area contributed by atoms with Gasteiger partial charge in [-0.05, 0) is 36.8 Å². The molecular formula is C12H15NS. The van der Waals surface area contributed by atoms with Crippen molar-refractivity contribution in [1.82, 2.24) is 0 Å². The van der Waals surface area contributed by atoms with Crippen LogP contribution in [0.3, 0.4) is 0 Å². The molecule has 1 rings (SSSR count). The molecule has 0 atom stereocenters. The maximum atomic E-state index is 5.71. The van der Waals surface area contributed by atoms with E-state index in [2.05, 4.69) is 18.9 Å². The van der Waals surface area contributed by atoms with E-state index < -0.39 is 0 Å². The third-order valence-corrected chi connectivity index (χ3v) is 3.18. The molecule has 0 saturated carbocycles. The molecule has 0 aromatic heterocycles. The molecular weight excluding hydrogens is 190 g/mol. The quantitative estimate of drug-likeness (QED) is 0.354. The van der Waals surface area contributed by atoms with Crippen molar-refractivity contribution in [2.75, 3.05) is 11.5 Å². The van der Waals surface area contributed by atoms with E-state index in [-0.39, 0.29) is 0 Å². The molecule has 0 aliphatic carbocycles. The Kier molecular flexibility index (Phi) is 4.42. The summed E-state index contributed by atoms with van der Waals surface area (Å²) in [6, 6.07) is 6.01. The Labute approximate surface area is 90.1 Å². The summed E-state index contributed by atoms with van der Waals surface area (Å²) in [4.78, 5) is 1.27. The number of hydrogen-bond acceptors (Lipinski definition) is 2. The van der Waals surface area contributed by atoms with Crippen LogP contribution in [0.1, 0.15) is 18.4 Å². The smallest absolute Gasteiger partial charge is 0.0325 e. The Bertz CT molecular complexity index is 339. The lowest BCUT2D eigenvalue weighted by molar-refractivity contribution is 0.997. The van der Waals surface area contributed by atoms with Gasteiger partial charge in [0.25, 0.3) is 0 Å². The number of aryl methyl sites for hydroxylation is 1. The number of nitrogens with two attached hydrogens (primary N) is 1. The maximum Gasteiger partial charge on any atom is 0.0325 e. The Morgan fingerprint density at radius 1 is 1.50 bits per heavy atom. The van der Waals surface area contributed by atoms with Crippen LogP contribution in [0.25, 0.3) is 0 Å². The molecule has 1 nitrogen and oxygen atoms in total. The van der Waals surface area contributed by atoms with Gasteiger partial charge in [-0.25, -0.2) is 0 Å². The first kappa shape index (κ1) is 11.0. The highest BCUT2D eigenvalue weighted by molar-refractivity contribution is 7.99. The third kappa shape index (κ3) is 3.35. The van der Waals surface area contributed by atoms with Crippen molar-refractivity contribution in [2.24, 2.45) is 0 Å². The van der Waals surface area contributed by atoms with Crippen LogP contribution >= 0.6 is 11.8 Å². The van der Waals surface area contributed by atoms with Crippen molar-refractivity contribution in [3.63, 3.8) is 0 Å². The summed E-state index contributed by atoms with van der Waals surface area (Å²) in [6.45, 7) is 2.10. The average molecular weight is 205 g/mol. The second kappa shape index (κ2) is 5.62. The molecule has 0 fully saturated rings. The van der Waals surface area contributed by atoms with Gasteiger partial charge < -0.3 is 5.73 Å². The number of benzene rings is 1. The molecule has 14 heavy (non-hydrogen) atoms. The van der Waals surface area contributed by atoms with Crippen molar-refractivity contribution in [3.05, 3.63) is 23.8 Å². The van der Waals surface area contributed by atoms with Gasteiger partial charge in [0.05, 0.1) is 0 Å². The minimum Gasteiger partial charge on any atom is -0.399 e. The van der Waals surface area contributed by atoms with Crippen molar-refractivity contribution in [2.45, 2.75) is 24.7 Å². The Morgan fingerprint density at radius 2 is 2.29 bits per heavy atom. The molecule has 0 amide bonds. The van der Waals surface area contributed by atoms with Crippen LogP contribution in [0.15, 0.2) is 23.1 Å². The van der Waals surface area contributed by atoms with Gasteiger partial charge >= 0.3 is 0 Å². The number of terminal acetylenes is 1.